The normalized spacial score (nSPS) is 22.7. The summed E-state index contributed by atoms with van der Waals surface area (Å²) < 4.78 is 16.0. The van der Waals surface area contributed by atoms with E-state index in [1.807, 2.05) is 13.8 Å². The number of rotatable bonds is 8. The highest BCUT2D eigenvalue weighted by atomic mass is 16.5. The van der Waals surface area contributed by atoms with Crippen molar-refractivity contribution in [3.05, 3.63) is 0 Å². The zero-order valence-electron chi connectivity index (χ0n) is 11.7. The summed E-state index contributed by atoms with van der Waals surface area (Å²) in [5.41, 5.74) is -0.619. The third kappa shape index (κ3) is 4.55. The van der Waals surface area contributed by atoms with Gasteiger partial charge in [0.2, 0.25) is 0 Å². The van der Waals surface area contributed by atoms with Crippen molar-refractivity contribution in [2.24, 2.45) is 0 Å². The third-order valence-corrected chi connectivity index (χ3v) is 3.34. The fourth-order valence-electron chi connectivity index (χ4n) is 1.94. The number of hydrogen-bond donors (Lipinski definition) is 1. The predicted octanol–water partition coefficient (Wildman–Crippen LogP) is 1.11. The standard InChI is InChI=1S/C13H25NO4/c1-4-17-12(15)13(2,14-3)7-5-8-18-11-6-9-16-10-11/h11,14H,4-10H2,1-3H3. The molecule has 1 aliphatic rings. The Bertz CT molecular complexity index is 253. The van der Waals surface area contributed by atoms with Crippen molar-refractivity contribution in [1.82, 2.24) is 5.32 Å². The van der Waals surface area contributed by atoms with Gasteiger partial charge >= 0.3 is 5.97 Å². The summed E-state index contributed by atoms with van der Waals surface area (Å²) in [6.45, 7) is 6.24. The highest BCUT2D eigenvalue weighted by Gasteiger charge is 2.32. The summed E-state index contributed by atoms with van der Waals surface area (Å²) in [6.07, 6.45) is 2.73. The predicted molar refractivity (Wildman–Crippen MR) is 68.5 cm³/mol. The Kier molecular flexibility index (Phi) is 6.60. The average molecular weight is 259 g/mol. The number of hydrogen-bond acceptors (Lipinski definition) is 5. The number of likely N-dealkylation sites (N-methyl/N-ethyl adjacent to an activating group) is 1. The van der Waals surface area contributed by atoms with Crippen LogP contribution in [0.4, 0.5) is 0 Å². The summed E-state index contributed by atoms with van der Waals surface area (Å²) >= 11 is 0. The van der Waals surface area contributed by atoms with E-state index in [9.17, 15) is 4.79 Å². The van der Waals surface area contributed by atoms with E-state index in [4.69, 9.17) is 14.2 Å². The lowest BCUT2D eigenvalue weighted by Crippen LogP contribution is -2.48. The topological polar surface area (TPSA) is 56.8 Å². The first-order valence-electron chi connectivity index (χ1n) is 6.68. The van der Waals surface area contributed by atoms with E-state index in [-0.39, 0.29) is 12.1 Å². The Morgan fingerprint density at radius 2 is 2.33 bits per heavy atom. The van der Waals surface area contributed by atoms with Crippen molar-refractivity contribution >= 4 is 5.97 Å². The summed E-state index contributed by atoms with van der Waals surface area (Å²) in [5.74, 6) is -0.198. The first kappa shape index (κ1) is 15.4. The van der Waals surface area contributed by atoms with E-state index in [2.05, 4.69) is 5.32 Å². The molecule has 1 heterocycles. The van der Waals surface area contributed by atoms with Crippen LogP contribution in [0.25, 0.3) is 0 Å². The molecule has 0 spiro atoms. The first-order valence-corrected chi connectivity index (χ1v) is 6.68. The van der Waals surface area contributed by atoms with Crippen molar-refractivity contribution < 1.29 is 19.0 Å². The Morgan fingerprint density at radius 3 is 2.89 bits per heavy atom. The van der Waals surface area contributed by atoms with Crippen molar-refractivity contribution in [1.29, 1.82) is 0 Å². The number of carbonyl (C=O) groups excluding carboxylic acids is 1. The third-order valence-electron chi connectivity index (χ3n) is 3.34. The second kappa shape index (κ2) is 7.71. The van der Waals surface area contributed by atoms with Gasteiger partial charge < -0.3 is 19.5 Å². The van der Waals surface area contributed by atoms with Crippen molar-refractivity contribution in [2.45, 2.75) is 44.8 Å². The highest BCUT2D eigenvalue weighted by Crippen LogP contribution is 2.15. The van der Waals surface area contributed by atoms with Gasteiger partial charge in [0.15, 0.2) is 0 Å². The summed E-state index contributed by atoms with van der Waals surface area (Å²) in [5, 5.41) is 3.04. The van der Waals surface area contributed by atoms with E-state index >= 15 is 0 Å². The van der Waals surface area contributed by atoms with Crippen LogP contribution in [0.1, 0.15) is 33.1 Å². The maximum atomic E-state index is 11.8. The molecule has 5 heteroatoms. The SMILES string of the molecule is CCOC(=O)C(C)(CCCOC1CCOC1)NC. The molecular weight excluding hydrogens is 234 g/mol. The molecule has 2 unspecified atom stereocenters. The van der Waals surface area contributed by atoms with Gasteiger partial charge in [0, 0.05) is 13.2 Å². The molecule has 1 rings (SSSR count). The molecule has 1 N–H and O–H groups in total. The molecule has 5 nitrogen and oxygen atoms in total. The molecule has 0 aromatic rings. The molecule has 1 saturated heterocycles. The molecule has 0 bridgehead atoms. The minimum Gasteiger partial charge on any atom is -0.465 e. The summed E-state index contributed by atoms with van der Waals surface area (Å²) in [7, 11) is 1.78. The van der Waals surface area contributed by atoms with Crippen LogP contribution in [-0.4, -0.2) is 51.1 Å². The van der Waals surface area contributed by atoms with E-state index in [1.54, 1.807) is 7.05 Å². The van der Waals surface area contributed by atoms with E-state index < -0.39 is 5.54 Å². The number of nitrogens with one attached hydrogen (secondary N) is 1. The smallest absolute Gasteiger partial charge is 0.326 e. The van der Waals surface area contributed by atoms with Gasteiger partial charge in [0.05, 0.1) is 19.3 Å². The molecule has 106 valence electrons. The van der Waals surface area contributed by atoms with Crippen LogP contribution < -0.4 is 5.32 Å². The van der Waals surface area contributed by atoms with E-state index in [0.29, 0.717) is 26.2 Å². The molecule has 2 atom stereocenters. The first-order chi connectivity index (χ1) is 8.62. The Balaban J connectivity index is 2.23. The van der Waals surface area contributed by atoms with Gasteiger partial charge in [-0.25, -0.2) is 0 Å². The largest absolute Gasteiger partial charge is 0.465 e. The molecule has 0 amide bonds. The van der Waals surface area contributed by atoms with Gasteiger partial charge in [0.25, 0.3) is 0 Å². The Labute approximate surface area is 109 Å². The highest BCUT2D eigenvalue weighted by molar-refractivity contribution is 5.80. The molecular formula is C13H25NO4. The lowest BCUT2D eigenvalue weighted by molar-refractivity contribution is -0.150. The van der Waals surface area contributed by atoms with Gasteiger partial charge in [-0.15, -0.1) is 0 Å². The number of carbonyl (C=O) groups is 1. The molecule has 0 saturated carbocycles. The summed E-state index contributed by atoms with van der Waals surface area (Å²) in [4.78, 5) is 11.8. The monoisotopic (exact) mass is 259 g/mol. The maximum absolute atomic E-state index is 11.8. The van der Waals surface area contributed by atoms with Crippen LogP contribution in [-0.2, 0) is 19.0 Å². The molecule has 1 fully saturated rings. The van der Waals surface area contributed by atoms with E-state index in [1.165, 1.54) is 0 Å². The van der Waals surface area contributed by atoms with Gasteiger partial charge in [-0.2, -0.15) is 0 Å². The lowest BCUT2D eigenvalue weighted by atomic mass is 9.96. The fourth-order valence-corrected chi connectivity index (χ4v) is 1.94. The van der Waals surface area contributed by atoms with Crippen LogP contribution in [0, 0.1) is 0 Å². The van der Waals surface area contributed by atoms with Gasteiger partial charge in [0.1, 0.15) is 5.54 Å². The minimum absolute atomic E-state index is 0.198. The van der Waals surface area contributed by atoms with Crippen LogP contribution in [0.15, 0.2) is 0 Å². The molecule has 1 aliphatic heterocycles. The zero-order chi connectivity index (χ0) is 13.4. The Morgan fingerprint density at radius 1 is 1.56 bits per heavy atom. The van der Waals surface area contributed by atoms with Crippen LogP contribution >= 0.6 is 0 Å². The molecule has 18 heavy (non-hydrogen) atoms. The van der Waals surface area contributed by atoms with E-state index in [0.717, 1.165) is 19.4 Å². The van der Waals surface area contributed by atoms with Crippen molar-refractivity contribution in [2.75, 3.05) is 33.5 Å². The molecule has 0 aliphatic carbocycles. The molecule has 0 aromatic carbocycles. The quantitative estimate of drug-likeness (QED) is 0.523. The van der Waals surface area contributed by atoms with Crippen LogP contribution in [0.5, 0.6) is 0 Å². The van der Waals surface area contributed by atoms with Crippen molar-refractivity contribution in [3.8, 4) is 0 Å². The van der Waals surface area contributed by atoms with Crippen molar-refractivity contribution in [3.63, 3.8) is 0 Å². The number of esters is 1. The van der Waals surface area contributed by atoms with Crippen LogP contribution in [0.2, 0.25) is 0 Å². The fraction of sp³-hybridized carbons (Fsp3) is 0.923. The summed E-state index contributed by atoms with van der Waals surface area (Å²) in [6, 6.07) is 0. The second-order valence-corrected chi connectivity index (χ2v) is 4.76. The number of ether oxygens (including phenoxy) is 3. The second-order valence-electron chi connectivity index (χ2n) is 4.76. The van der Waals surface area contributed by atoms with Gasteiger partial charge in [-0.3, -0.25) is 4.79 Å². The lowest BCUT2D eigenvalue weighted by Gasteiger charge is -2.26. The average Bonchev–Trinajstić information content (AvgIpc) is 2.87. The van der Waals surface area contributed by atoms with Gasteiger partial charge in [-0.05, 0) is 40.2 Å². The zero-order valence-corrected chi connectivity index (χ0v) is 11.7. The van der Waals surface area contributed by atoms with Crippen LogP contribution in [0.3, 0.4) is 0 Å². The van der Waals surface area contributed by atoms with Gasteiger partial charge in [-0.1, -0.05) is 0 Å². The minimum atomic E-state index is -0.619. The maximum Gasteiger partial charge on any atom is 0.326 e. The molecule has 0 radical (unpaired) electrons. The Hall–Kier alpha value is -0.650. The molecule has 0 aromatic heterocycles.